The van der Waals surface area contributed by atoms with E-state index in [1.165, 1.54) is 6.07 Å². The molecule has 1 aromatic heterocycles. The summed E-state index contributed by atoms with van der Waals surface area (Å²) < 4.78 is 43.3. The molecule has 0 fully saturated rings. The van der Waals surface area contributed by atoms with Crippen molar-refractivity contribution in [3.8, 4) is 0 Å². The van der Waals surface area contributed by atoms with E-state index < -0.39 is 20.7 Å². The van der Waals surface area contributed by atoms with Gasteiger partial charge in [0.2, 0.25) is 5.13 Å². The molecule has 0 saturated carbocycles. The van der Waals surface area contributed by atoms with Crippen molar-refractivity contribution >= 4 is 32.4 Å². The molecule has 0 aliphatic carbocycles. The summed E-state index contributed by atoms with van der Waals surface area (Å²) in [6.07, 6.45) is 0. The molecule has 0 aliphatic rings. The van der Waals surface area contributed by atoms with E-state index in [4.69, 9.17) is 5.73 Å². The topological polar surface area (TPSA) is 98.0 Å². The molecule has 3 N–H and O–H groups in total. The normalized spacial score (nSPS) is 11.4. The van der Waals surface area contributed by atoms with Gasteiger partial charge in [0.15, 0.2) is 0 Å². The summed E-state index contributed by atoms with van der Waals surface area (Å²) in [7, 11) is -4.05. The standard InChI is InChI=1S/C9H9FN4O2S2/c1-5-12-9(17-13-5)14-18(15,16)8-4-6(11)2-3-7(8)10/h2-4H,11H2,1H3,(H,12,13,14). The van der Waals surface area contributed by atoms with E-state index in [1.807, 2.05) is 0 Å². The van der Waals surface area contributed by atoms with E-state index in [-0.39, 0.29) is 10.8 Å². The fourth-order valence-electron chi connectivity index (χ4n) is 1.23. The van der Waals surface area contributed by atoms with Gasteiger partial charge in [-0.05, 0) is 25.1 Å². The Morgan fingerprint density at radius 1 is 1.44 bits per heavy atom. The molecule has 96 valence electrons. The predicted octanol–water partition coefficient (Wildman–Crippen LogP) is 1.37. The molecule has 0 atom stereocenters. The van der Waals surface area contributed by atoms with Gasteiger partial charge in [0.25, 0.3) is 10.0 Å². The van der Waals surface area contributed by atoms with Gasteiger partial charge in [-0.1, -0.05) is 0 Å². The molecule has 0 saturated heterocycles. The average Bonchev–Trinajstić information content (AvgIpc) is 2.66. The number of nitrogens with zero attached hydrogens (tertiary/aromatic N) is 2. The lowest BCUT2D eigenvalue weighted by Gasteiger charge is -2.06. The first-order valence-corrected chi connectivity index (χ1v) is 7.02. The summed E-state index contributed by atoms with van der Waals surface area (Å²) in [5.74, 6) is -0.441. The van der Waals surface area contributed by atoms with Gasteiger partial charge in [0.1, 0.15) is 16.5 Å². The van der Waals surface area contributed by atoms with Gasteiger partial charge in [0.05, 0.1) is 0 Å². The minimum absolute atomic E-state index is 0.0781. The number of halogens is 1. The molecule has 0 radical (unpaired) electrons. The third kappa shape index (κ3) is 2.57. The first-order chi connectivity index (χ1) is 8.38. The summed E-state index contributed by atoms with van der Waals surface area (Å²) in [6, 6.07) is 3.32. The zero-order chi connectivity index (χ0) is 13.3. The molecule has 1 aromatic carbocycles. The van der Waals surface area contributed by atoms with Crippen LogP contribution in [0.15, 0.2) is 23.1 Å². The highest BCUT2D eigenvalue weighted by Gasteiger charge is 2.21. The number of anilines is 2. The van der Waals surface area contributed by atoms with E-state index in [0.717, 1.165) is 23.7 Å². The molecule has 0 spiro atoms. The zero-order valence-corrected chi connectivity index (χ0v) is 10.8. The van der Waals surface area contributed by atoms with Gasteiger partial charge in [-0.2, -0.15) is 4.37 Å². The highest BCUT2D eigenvalue weighted by molar-refractivity contribution is 7.93. The van der Waals surface area contributed by atoms with E-state index in [1.54, 1.807) is 6.92 Å². The maximum Gasteiger partial charge on any atom is 0.266 e. The monoisotopic (exact) mass is 288 g/mol. The van der Waals surface area contributed by atoms with Crippen molar-refractivity contribution in [3.05, 3.63) is 29.8 Å². The van der Waals surface area contributed by atoms with Crippen LogP contribution in [0.3, 0.4) is 0 Å². The van der Waals surface area contributed by atoms with Crippen LogP contribution < -0.4 is 10.5 Å². The molecule has 1 heterocycles. The molecule has 2 rings (SSSR count). The maximum atomic E-state index is 13.5. The van der Waals surface area contributed by atoms with Crippen molar-refractivity contribution in [3.63, 3.8) is 0 Å². The number of sulfonamides is 1. The fraction of sp³-hybridized carbons (Fsp3) is 0.111. The number of benzene rings is 1. The van der Waals surface area contributed by atoms with Crippen molar-refractivity contribution in [2.24, 2.45) is 0 Å². The Labute approximate surface area is 107 Å². The highest BCUT2D eigenvalue weighted by Crippen LogP contribution is 2.21. The summed E-state index contributed by atoms with van der Waals surface area (Å²) >= 11 is 0.876. The van der Waals surface area contributed by atoms with Crippen molar-refractivity contribution < 1.29 is 12.8 Å². The van der Waals surface area contributed by atoms with Crippen LogP contribution in [0.1, 0.15) is 5.82 Å². The van der Waals surface area contributed by atoms with Gasteiger partial charge < -0.3 is 5.73 Å². The molecular formula is C9H9FN4O2S2. The van der Waals surface area contributed by atoms with Crippen molar-refractivity contribution in [2.45, 2.75) is 11.8 Å². The number of nitrogen functional groups attached to an aromatic ring is 1. The van der Waals surface area contributed by atoms with Crippen LogP contribution in [-0.4, -0.2) is 17.8 Å². The van der Waals surface area contributed by atoms with Crippen LogP contribution >= 0.6 is 11.5 Å². The molecule has 9 heteroatoms. The van der Waals surface area contributed by atoms with Crippen molar-refractivity contribution in [1.82, 2.24) is 9.36 Å². The number of hydrogen-bond acceptors (Lipinski definition) is 6. The Morgan fingerprint density at radius 2 is 2.17 bits per heavy atom. The molecule has 0 aliphatic heterocycles. The average molecular weight is 288 g/mol. The summed E-state index contributed by atoms with van der Waals surface area (Å²) in [5, 5.41) is 0.0781. The van der Waals surface area contributed by atoms with Gasteiger partial charge in [-0.15, -0.1) is 0 Å². The quantitative estimate of drug-likeness (QED) is 0.831. The lowest BCUT2D eigenvalue weighted by atomic mass is 10.3. The lowest BCUT2D eigenvalue weighted by molar-refractivity contribution is 0.570. The second kappa shape index (κ2) is 4.50. The fourth-order valence-corrected chi connectivity index (χ4v) is 3.15. The Balaban J connectivity index is 2.39. The number of nitrogens with one attached hydrogen (secondary N) is 1. The number of hydrogen-bond donors (Lipinski definition) is 2. The maximum absolute atomic E-state index is 13.5. The van der Waals surface area contributed by atoms with Gasteiger partial charge >= 0.3 is 0 Å². The predicted molar refractivity (Wildman–Crippen MR) is 66.3 cm³/mol. The summed E-state index contributed by atoms with van der Waals surface area (Å²) in [6.45, 7) is 1.62. The molecule has 6 nitrogen and oxygen atoms in total. The van der Waals surface area contributed by atoms with Crippen LogP contribution in [0.2, 0.25) is 0 Å². The zero-order valence-electron chi connectivity index (χ0n) is 9.21. The minimum atomic E-state index is -4.05. The van der Waals surface area contributed by atoms with Crippen LogP contribution in [0, 0.1) is 12.7 Å². The number of nitrogens with two attached hydrogens (primary N) is 1. The Morgan fingerprint density at radius 3 is 2.78 bits per heavy atom. The molecule has 0 bridgehead atoms. The van der Waals surface area contributed by atoms with Gasteiger partial charge in [0, 0.05) is 17.2 Å². The van der Waals surface area contributed by atoms with Crippen molar-refractivity contribution in [2.75, 3.05) is 10.5 Å². The summed E-state index contributed by atoms with van der Waals surface area (Å²) in [5.41, 5.74) is 5.60. The van der Waals surface area contributed by atoms with E-state index in [0.29, 0.717) is 5.82 Å². The molecule has 0 unspecified atom stereocenters. The number of rotatable bonds is 3. The molecule has 0 amide bonds. The Hall–Kier alpha value is -1.74. The van der Waals surface area contributed by atoms with E-state index in [9.17, 15) is 12.8 Å². The van der Waals surface area contributed by atoms with Crippen LogP contribution in [0.25, 0.3) is 0 Å². The molecular weight excluding hydrogens is 279 g/mol. The largest absolute Gasteiger partial charge is 0.399 e. The van der Waals surface area contributed by atoms with E-state index >= 15 is 0 Å². The van der Waals surface area contributed by atoms with Gasteiger partial charge in [-0.3, -0.25) is 4.72 Å². The minimum Gasteiger partial charge on any atom is -0.399 e. The van der Waals surface area contributed by atoms with Crippen LogP contribution in [-0.2, 0) is 10.0 Å². The molecule has 2 aromatic rings. The summed E-state index contributed by atoms with van der Waals surface area (Å²) in [4.78, 5) is 3.32. The first-order valence-electron chi connectivity index (χ1n) is 4.76. The second-order valence-electron chi connectivity index (χ2n) is 3.44. The SMILES string of the molecule is Cc1nsc(NS(=O)(=O)c2cc(N)ccc2F)n1. The van der Waals surface area contributed by atoms with Crippen LogP contribution in [0.4, 0.5) is 15.2 Å². The van der Waals surface area contributed by atoms with Crippen LogP contribution in [0.5, 0.6) is 0 Å². The number of aromatic nitrogens is 2. The highest BCUT2D eigenvalue weighted by atomic mass is 32.2. The first kappa shape index (κ1) is 12.7. The Bertz CT molecular complexity index is 684. The third-order valence-corrected chi connectivity index (χ3v) is 4.20. The Kier molecular flexibility index (Phi) is 3.18. The second-order valence-corrected chi connectivity index (χ2v) is 5.84. The van der Waals surface area contributed by atoms with Gasteiger partial charge in [-0.25, -0.2) is 17.8 Å². The smallest absolute Gasteiger partial charge is 0.266 e. The van der Waals surface area contributed by atoms with E-state index in [2.05, 4.69) is 14.1 Å². The molecule has 18 heavy (non-hydrogen) atoms. The third-order valence-electron chi connectivity index (χ3n) is 1.99. The number of aryl methyl sites for hydroxylation is 1. The van der Waals surface area contributed by atoms with Crippen molar-refractivity contribution in [1.29, 1.82) is 0 Å². The lowest BCUT2D eigenvalue weighted by Crippen LogP contribution is -2.14.